The zero-order valence-corrected chi connectivity index (χ0v) is 17.4. The first-order valence-corrected chi connectivity index (χ1v) is 10.3. The van der Waals surface area contributed by atoms with Gasteiger partial charge in [-0.2, -0.15) is 0 Å². The van der Waals surface area contributed by atoms with Crippen molar-refractivity contribution >= 4 is 17.5 Å². The molecule has 1 saturated heterocycles. The maximum absolute atomic E-state index is 12.2. The number of methoxy groups -OCH3 is 1. The molecule has 162 valence electrons. The first-order valence-electron chi connectivity index (χ1n) is 10.3. The summed E-state index contributed by atoms with van der Waals surface area (Å²) in [5.74, 6) is -0.478. The van der Waals surface area contributed by atoms with E-state index >= 15 is 0 Å². The van der Waals surface area contributed by atoms with Crippen molar-refractivity contribution in [2.45, 2.75) is 12.5 Å². The summed E-state index contributed by atoms with van der Waals surface area (Å²) in [6.07, 6.45) is 2.29. The van der Waals surface area contributed by atoms with Gasteiger partial charge in [0.15, 0.2) is 0 Å². The van der Waals surface area contributed by atoms with Gasteiger partial charge in [0.25, 0.3) is 0 Å². The minimum Gasteiger partial charge on any atom is -0.468 e. The highest BCUT2D eigenvalue weighted by atomic mass is 16.5. The lowest BCUT2D eigenvalue weighted by Crippen LogP contribution is -2.50. The van der Waals surface area contributed by atoms with Crippen molar-refractivity contribution in [1.82, 2.24) is 15.5 Å². The van der Waals surface area contributed by atoms with Crippen LogP contribution in [-0.2, 0) is 14.3 Å². The highest BCUT2D eigenvalue weighted by molar-refractivity contribution is 6.35. The van der Waals surface area contributed by atoms with E-state index in [1.807, 2.05) is 30.3 Å². The van der Waals surface area contributed by atoms with Gasteiger partial charge in [-0.3, -0.25) is 14.5 Å². The molecule has 0 saturated carbocycles. The van der Waals surface area contributed by atoms with Crippen molar-refractivity contribution in [2.24, 2.45) is 0 Å². The zero-order chi connectivity index (χ0) is 21.2. The van der Waals surface area contributed by atoms with Crippen molar-refractivity contribution in [3.8, 4) is 0 Å². The molecule has 0 aliphatic carbocycles. The van der Waals surface area contributed by atoms with Crippen molar-refractivity contribution in [1.29, 1.82) is 0 Å². The smallest absolute Gasteiger partial charge is 0.309 e. The van der Waals surface area contributed by atoms with E-state index in [1.54, 1.807) is 13.4 Å². The lowest BCUT2D eigenvalue weighted by Gasteiger charge is -2.39. The quantitative estimate of drug-likeness (QED) is 0.477. The number of carbonyl (C=O) groups excluding carboxylic acids is 2. The third kappa shape index (κ3) is 6.08. The Kier molecular flexibility index (Phi) is 8.29. The number of benzene rings is 1. The molecule has 3 rings (SSSR count). The Balaban J connectivity index is 1.53. The SMILES string of the molecule is COCCCNC(=O)C(=O)NCC(c1ccco1)N1CCN(c2ccccc2)CC1. The van der Waals surface area contributed by atoms with Gasteiger partial charge in [0, 0.05) is 58.7 Å². The van der Waals surface area contributed by atoms with Crippen LogP contribution in [0.5, 0.6) is 0 Å². The average Bonchev–Trinajstić information content (AvgIpc) is 3.32. The molecular formula is C22H30N4O4. The Morgan fingerprint density at radius 3 is 2.43 bits per heavy atom. The Morgan fingerprint density at radius 2 is 1.77 bits per heavy atom. The topological polar surface area (TPSA) is 87.0 Å². The molecule has 1 atom stereocenters. The van der Waals surface area contributed by atoms with Gasteiger partial charge in [-0.25, -0.2) is 0 Å². The molecule has 0 spiro atoms. The minimum absolute atomic E-state index is 0.122. The first kappa shape index (κ1) is 21.9. The normalized spacial score (nSPS) is 15.6. The molecule has 2 aromatic rings. The van der Waals surface area contributed by atoms with Gasteiger partial charge in [-0.1, -0.05) is 18.2 Å². The van der Waals surface area contributed by atoms with Gasteiger partial charge in [0.05, 0.1) is 12.3 Å². The second-order valence-electron chi connectivity index (χ2n) is 7.20. The second kappa shape index (κ2) is 11.4. The molecule has 8 heteroatoms. The summed E-state index contributed by atoms with van der Waals surface area (Å²) in [6.45, 7) is 4.69. The number of nitrogens with one attached hydrogen (secondary N) is 2. The summed E-state index contributed by atoms with van der Waals surface area (Å²) in [6, 6.07) is 14.0. The monoisotopic (exact) mass is 414 g/mol. The number of piperazine rings is 1. The zero-order valence-electron chi connectivity index (χ0n) is 17.4. The molecule has 2 heterocycles. The van der Waals surface area contributed by atoms with E-state index in [2.05, 4.69) is 32.6 Å². The highest BCUT2D eigenvalue weighted by Crippen LogP contribution is 2.24. The number of furan rings is 1. The summed E-state index contributed by atoms with van der Waals surface area (Å²) in [7, 11) is 1.60. The molecule has 1 fully saturated rings. The molecule has 2 N–H and O–H groups in total. The van der Waals surface area contributed by atoms with Gasteiger partial charge in [-0.05, 0) is 30.7 Å². The van der Waals surface area contributed by atoms with Crippen LogP contribution in [0.2, 0.25) is 0 Å². The predicted octanol–water partition coefficient (Wildman–Crippen LogP) is 1.41. The molecule has 1 aromatic carbocycles. The molecule has 1 aliphatic rings. The molecular weight excluding hydrogens is 384 g/mol. The van der Waals surface area contributed by atoms with Crippen molar-refractivity contribution in [2.75, 3.05) is 57.9 Å². The Labute approximate surface area is 177 Å². The van der Waals surface area contributed by atoms with Crippen LogP contribution in [0.3, 0.4) is 0 Å². The van der Waals surface area contributed by atoms with Gasteiger partial charge >= 0.3 is 11.8 Å². The first-order chi connectivity index (χ1) is 14.7. The summed E-state index contributed by atoms with van der Waals surface area (Å²) < 4.78 is 10.6. The second-order valence-corrected chi connectivity index (χ2v) is 7.20. The Hall–Kier alpha value is -2.84. The lowest BCUT2D eigenvalue weighted by molar-refractivity contribution is -0.139. The molecule has 0 radical (unpaired) electrons. The number of ether oxygens (including phenoxy) is 1. The molecule has 8 nitrogen and oxygen atoms in total. The highest BCUT2D eigenvalue weighted by Gasteiger charge is 2.28. The summed E-state index contributed by atoms with van der Waals surface area (Å²) in [5.41, 5.74) is 1.21. The van der Waals surface area contributed by atoms with E-state index in [0.29, 0.717) is 26.1 Å². The van der Waals surface area contributed by atoms with E-state index in [0.717, 1.165) is 31.9 Å². The maximum atomic E-state index is 12.2. The molecule has 1 unspecified atom stereocenters. The number of hydrogen-bond acceptors (Lipinski definition) is 6. The van der Waals surface area contributed by atoms with Crippen LogP contribution in [0.25, 0.3) is 0 Å². The summed E-state index contributed by atoms with van der Waals surface area (Å²) >= 11 is 0. The number of carbonyl (C=O) groups is 2. The minimum atomic E-state index is -0.633. The third-order valence-corrected chi connectivity index (χ3v) is 5.22. The largest absolute Gasteiger partial charge is 0.468 e. The van der Waals surface area contributed by atoms with Gasteiger partial charge < -0.3 is 24.7 Å². The van der Waals surface area contributed by atoms with E-state index < -0.39 is 11.8 Å². The standard InChI is InChI=1S/C22H30N4O4/c1-29-15-6-10-23-21(27)22(28)24-17-19(20-9-5-16-30-20)26-13-11-25(12-14-26)18-7-3-2-4-8-18/h2-5,7-9,16,19H,6,10-15,17H2,1H3,(H,23,27)(H,24,28). The lowest BCUT2D eigenvalue weighted by atomic mass is 10.1. The molecule has 1 aromatic heterocycles. The number of para-hydroxylation sites is 1. The van der Waals surface area contributed by atoms with Crippen molar-refractivity contribution in [3.63, 3.8) is 0 Å². The van der Waals surface area contributed by atoms with E-state index in [-0.39, 0.29) is 6.04 Å². The third-order valence-electron chi connectivity index (χ3n) is 5.22. The van der Waals surface area contributed by atoms with Crippen LogP contribution in [0.4, 0.5) is 5.69 Å². The van der Waals surface area contributed by atoms with Gasteiger partial charge in [0.1, 0.15) is 5.76 Å². The van der Waals surface area contributed by atoms with Crippen LogP contribution < -0.4 is 15.5 Å². The number of amides is 2. The van der Waals surface area contributed by atoms with Crippen LogP contribution in [0.1, 0.15) is 18.2 Å². The maximum Gasteiger partial charge on any atom is 0.309 e. The van der Waals surface area contributed by atoms with Crippen LogP contribution in [0, 0.1) is 0 Å². The number of rotatable bonds is 9. The van der Waals surface area contributed by atoms with E-state index in [4.69, 9.17) is 9.15 Å². The van der Waals surface area contributed by atoms with Crippen molar-refractivity contribution < 1.29 is 18.7 Å². The fourth-order valence-corrected chi connectivity index (χ4v) is 3.59. The fourth-order valence-electron chi connectivity index (χ4n) is 3.59. The Bertz CT molecular complexity index is 774. The molecule has 1 aliphatic heterocycles. The molecule has 2 amide bonds. The van der Waals surface area contributed by atoms with Gasteiger partial charge in [-0.15, -0.1) is 0 Å². The van der Waals surface area contributed by atoms with Crippen molar-refractivity contribution in [3.05, 3.63) is 54.5 Å². The van der Waals surface area contributed by atoms with Crippen LogP contribution in [-0.4, -0.2) is 69.7 Å². The Morgan fingerprint density at radius 1 is 1.03 bits per heavy atom. The van der Waals surface area contributed by atoms with Crippen LogP contribution >= 0.6 is 0 Å². The van der Waals surface area contributed by atoms with Crippen LogP contribution in [0.15, 0.2) is 53.1 Å². The fraction of sp³-hybridized carbons (Fsp3) is 0.455. The molecule has 0 bridgehead atoms. The van der Waals surface area contributed by atoms with E-state index in [1.165, 1.54) is 5.69 Å². The summed E-state index contributed by atoms with van der Waals surface area (Å²) in [5, 5.41) is 5.36. The predicted molar refractivity (Wildman–Crippen MR) is 114 cm³/mol. The molecule has 30 heavy (non-hydrogen) atoms. The summed E-state index contributed by atoms with van der Waals surface area (Å²) in [4.78, 5) is 28.8. The number of hydrogen-bond donors (Lipinski definition) is 2. The van der Waals surface area contributed by atoms with Gasteiger partial charge in [0.2, 0.25) is 0 Å². The van der Waals surface area contributed by atoms with E-state index in [9.17, 15) is 9.59 Å². The number of nitrogens with zero attached hydrogens (tertiary/aromatic N) is 2. The average molecular weight is 415 g/mol. The number of anilines is 1.